The minimum Gasteiger partial charge on any atom is -0.465 e. The summed E-state index contributed by atoms with van der Waals surface area (Å²) in [6, 6.07) is 12.2. The number of ether oxygens (including phenoxy) is 1. The van der Waals surface area contributed by atoms with Gasteiger partial charge in [-0.25, -0.2) is 14.0 Å². The van der Waals surface area contributed by atoms with Gasteiger partial charge in [-0.05, 0) is 43.7 Å². The van der Waals surface area contributed by atoms with Crippen molar-refractivity contribution in [1.82, 2.24) is 15.1 Å². The highest BCUT2D eigenvalue weighted by Crippen LogP contribution is 2.40. The summed E-state index contributed by atoms with van der Waals surface area (Å²) in [6.07, 6.45) is 0. The number of amides is 2. The number of carbonyl (C=O) groups excluding carboxylic acids is 2. The highest BCUT2D eigenvalue weighted by Gasteiger charge is 2.30. The van der Waals surface area contributed by atoms with E-state index in [1.54, 1.807) is 4.90 Å². The predicted octanol–water partition coefficient (Wildman–Crippen LogP) is 3.99. The molecule has 2 aromatic rings. The first-order valence-corrected chi connectivity index (χ1v) is 14.7. The Balaban J connectivity index is 1.57. The molecule has 0 radical (unpaired) electrons. The third-order valence-electron chi connectivity index (χ3n) is 7.31. The molecule has 2 fully saturated rings. The number of rotatable bonds is 6. The van der Waals surface area contributed by atoms with Gasteiger partial charge in [-0.15, -0.1) is 0 Å². The number of methoxy groups -OCH3 is 1. The van der Waals surface area contributed by atoms with Crippen molar-refractivity contribution in [3.8, 4) is 0 Å². The molecular formula is C27H37FN4O5S. The van der Waals surface area contributed by atoms with Gasteiger partial charge in [0.05, 0.1) is 30.7 Å². The van der Waals surface area contributed by atoms with Crippen LogP contribution in [0.3, 0.4) is 0 Å². The maximum Gasteiger partial charge on any atom is 0.337 e. The number of hydrogen-bond acceptors (Lipinski definition) is 7. The van der Waals surface area contributed by atoms with Crippen LogP contribution >= 0.6 is 10.6 Å². The van der Waals surface area contributed by atoms with Crippen molar-refractivity contribution in [2.24, 2.45) is 0 Å². The zero-order chi connectivity index (χ0) is 27.4. The normalized spacial score (nSPS) is 22.5. The van der Waals surface area contributed by atoms with Crippen molar-refractivity contribution in [2.45, 2.75) is 39.0 Å². The Kier molecular flexibility index (Phi) is 8.94. The minimum absolute atomic E-state index is 0.0515. The Hall–Kier alpha value is -2.70. The smallest absolute Gasteiger partial charge is 0.337 e. The maximum absolute atomic E-state index is 15.0. The molecule has 2 aliphatic rings. The predicted molar refractivity (Wildman–Crippen MR) is 147 cm³/mol. The van der Waals surface area contributed by atoms with Crippen LogP contribution in [0.5, 0.6) is 0 Å². The lowest BCUT2D eigenvalue weighted by Gasteiger charge is -2.42. The van der Waals surface area contributed by atoms with Gasteiger partial charge in [0.1, 0.15) is 5.82 Å². The van der Waals surface area contributed by atoms with Gasteiger partial charge in [0.25, 0.3) is 0 Å². The summed E-state index contributed by atoms with van der Waals surface area (Å²) in [7, 11) is -1.44. The van der Waals surface area contributed by atoms with E-state index in [1.165, 1.54) is 24.1 Å². The molecule has 0 saturated carbocycles. The lowest BCUT2D eigenvalue weighted by Crippen LogP contribution is -2.54. The number of anilines is 1. The molecule has 2 amide bonds. The van der Waals surface area contributed by atoms with E-state index >= 15 is 0 Å². The number of hydrogen-bond donors (Lipinski definition) is 3. The third-order valence-corrected chi connectivity index (χ3v) is 8.98. The molecule has 2 aromatic carbocycles. The van der Waals surface area contributed by atoms with E-state index in [0.29, 0.717) is 17.8 Å². The van der Waals surface area contributed by atoms with E-state index in [0.717, 1.165) is 31.3 Å². The second-order valence-corrected chi connectivity index (χ2v) is 12.5. The van der Waals surface area contributed by atoms with Crippen LogP contribution in [-0.4, -0.2) is 87.8 Å². The number of benzene rings is 2. The first-order valence-electron chi connectivity index (χ1n) is 12.8. The molecular weight excluding hydrogens is 511 g/mol. The van der Waals surface area contributed by atoms with Crippen LogP contribution in [-0.2, 0) is 17.8 Å². The third kappa shape index (κ3) is 6.65. The van der Waals surface area contributed by atoms with Gasteiger partial charge < -0.3 is 15.0 Å². The largest absolute Gasteiger partial charge is 0.465 e. The summed E-state index contributed by atoms with van der Waals surface area (Å²) < 4.78 is 39.6. The number of esters is 1. The molecule has 2 aliphatic heterocycles. The van der Waals surface area contributed by atoms with Crippen molar-refractivity contribution < 1.29 is 27.8 Å². The fourth-order valence-electron chi connectivity index (χ4n) is 4.92. The second-order valence-electron chi connectivity index (χ2n) is 10.1. The van der Waals surface area contributed by atoms with E-state index in [9.17, 15) is 23.1 Å². The SMILES string of the molecule is COC(=O)c1ccc(CN(C(=O)N2CCS(O)(O)CC2)c2ccc(CN3[C@H](C)CNC[C@@H]3C)cc2)c(F)c1. The van der Waals surface area contributed by atoms with Crippen molar-refractivity contribution >= 4 is 28.3 Å². The zero-order valence-corrected chi connectivity index (χ0v) is 22.9. The Labute approximate surface area is 224 Å². The van der Waals surface area contributed by atoms with Gasteiger partial charge in [-0.1, -0.05) is 18.2 Å². The monoisotopic (exact) mass is 548 g/mol. The number of nitrogens with zero attached hydrogens (tertiary/aromatic N) is 3. The van der Waals surface area contributed by atoms with Gasteiger partial charge in [0, 0.05) is 56.1 Å². The quantitative estimate of drug-likeness (QED) is 0.469. The van der Waals surface area contributed by atoms with Crippen LogP contribution in [0, 0.1) is 5.82 Å². The molecule has 3 N–H and O–H groups in total. The summed E-state index contributed by atoms with van der Waals surface area (Å²) in [6.45, 7) is 7.42. The Morgan fingerprint density at radius 2 is 1.71 bits per heavy atom. The first kappa shape index (κ1) is 28.3. The van der Waals surface area contributed by atoms with Gasteiger partial charge in [0.2, 0.25) is 0 Å². The van der Waals surface area contributed by atoms with E-state index < -0.39 is 22.4 Å². The Morgan fingerprint density at radius 1 is 1.08 bits per heavy atom. The van der Waals surface area contributed by atoms with Gasteiger partial charge in [0.15, 0.2) is 0 Å². The molecule has 4 rings (SSSR count). The molecule has 208 valence electrons. The van der Waals surface area contributed by atoms with Crippen LogP contribution in [0.2, 0.25) is 0 Å². The summed E-state index contributed by atoms with van der Waals surface area (Å²) in [5, 5.41) is 3.44. The van der Waals surface area contributed by atoms with Crippen LogP contribution in [0.4, 0.5) is 14.9 Å². The van der Waals surface area contributed by atoms with Gasteiger partial charge in [-0.3, -0.25) is 18.9 Å². The molecule has 0 unspecified atom stereocenters. The van der Waals surface area contributed by atoms with Crippen LogP contribution in [0.1, 0.15) is 35.3 Å². The summed E-state index contributed by atoms with van der Waals surface area (Å²) in [5.74, 6) is -1.01. The highest BCUT2D eigenvalue weighted by molar-refractivity contribution is 8.24. The molecule has 9 nitrogen and oxygen atoms in total. The molecule has 11 heteroatoms. The van der Waals surface area contributed by atoms with Gasteiger partial charge in [-0.2, -0.15) is 10.6 Å². The number of urea groups is 1. The van der Waals surface area contributed by atoms with Crippen molar-refractivity contribution in [1.29, 1.82) is 0 Å². The number of carbonyl (C=O) groups is 2. The summed E-state index contributed by atoms with van der Waals surface area (Å²) >= 11 is 0. The van der Waals surface area contributed by atoms with Crippen LogP contribution in [0.25, 0.3) is 0 Å². The Morgan fingerprint density at radius 3 is 2.29 bits per heavy atom. The van der Waals surface area contributed by atoms with Crippen molar-refractivity contribution in [2.75, 3.05) is 49.7 Å². The molecule has 0 aromatic heterocycles. The fourth-order valence-corrected chi connectivity index (χ4v) is 6.15. The first-order chi connectivity index (χ1) is 18.1. The van der Waals surface area contributed by atoms with Gasteiger partial charge >= 0.3 is 12.0 Å². The Bertz CT molecular complexity index is 1130. The van der Waals surface area contributed by atoms with E-state index in [4.69, 9.17) is 0 Å². The summed E-state index contributed by atoms with van der Waals surface area (Å²) in [5.41, 5.74) is 2.06. The standard InChI is InChI=1S/C27H37FN4O5S/c1-19-15-29-16-20(2)31(19)17-21-4-8-24(9-5-21)32(27(34)30-10-12-38(35,36)13-11-30)18-23-7-6-22(14-25(23)28)26(33)37-3/h4-9,14,19-20,29,35-36H,10-13,15-18H2,1-3H3/t19-,20+. The molecule has 0 bridgehead atoms. The lowest BCUT2D eigenvalue weighted by atomic mass is 10.1. The average molecular weight is 549 g/mol. The summed E-state index contributed by atoms with van der Waals surface area (Å²) in [4.78, 5) is 30.9. The van der Waals surface area contributed by atoms with E-state index in [-0.39, 0.29) is 48.3 Å². The second kappa shape index (κ2) is 12.0. The molecule has 2 heterocycles. The molecule has 2 atom stereocenters. The molecule has 2 saturated heterocycles. The zero-order valence-electron chi connectivity index (χ0n) is 22.1. The number of nitrogens with one attached hydrogen (secondary N) is 1. The minimum atomic E-state index is -2.67. The maximum atomic E-state index is 15.0. The lowest BCUT2D eigenvalue weighted by molar-refractivity contribution is 0.0600. The average Bonchev–Trinajstić information content (AvgIpc) is 2.90. The highest BCUT2D eigenvalue weighted by atomic mass is 32.3. The molecule has 0 spiro atoms. The van der Waals surface area contributed by atoms with Crippen molar-refractivity contribution in [3.05, 3.63) is 65.0 Å². The van der Waals surface area contributed by atoms with E-state index in [2.05, 4.69) is 28.8 Å². The fraction of sp³-hybridized carbons (Fsp3) is 0.481. The van der Waals surface area contributed by atoms with Crippen LogP contribution < -0.4 is 10.2 Å². The molecule has 38 heavy (non-hydrogen) atoms. The van der Waals surface area contributed by atoms with E-state index in [1.807, 2.05) is 24.3 Å². The number of piperazine rings is 1. The topological polar surface area (TPSA) is 106 Å². The van der Waals surface area contributed by atoms with Crippen LogP contribution in [0.15, 0.2) is 42.5 Å². The molecule has 0 aliphatic carbocycles. The number of halogens is 1. The van der Waals surface area contributed by atoms with Crippen molar-refractivity contribution in [3.63, 3.8) is 0 Å².